The van der Waals surface area contributed by atoms with E-state index in [1.807, 2.05) is 0 Å². The van der Waals surface area contributed by atoms with Crippen molar-refractivity contribution in [3.05, 3.63) is 200 Å². The molecule has 2 heterocycles. The van der Waals surface area contributed by atoms with Crippen LogP contribution in [0.1, 0.15) is 0 Å². The van der Waals surface area contributed by atoms with Gasteiger partial charge in [0.25, 0.3) is 0 Å². The van der Waals surface area contributed by atoms with Crippen molar-refractivity contribution >= 4 is 75.8 Å². The Kier molecular flexibility index (Phi) is 6.96. The fourth-order valence-corrected chi connectivity index (χ4v) is 9.27. The van der Waals surface area contributed by atoms with Gasteiger partial charge in [-0.2, -0.15) is 0 Å². The van der Waals surface area contributed by atoms with Crippen molar-refractivity contribution in [1.82, 2.24) is 4.98 Å². The first kappa shape index (κ1) is 31.8. The zero-order chi connectivity index (χ0) is 37.5. The lowest BCUT2D eigenvalue weighted by molar-refractivity contribution is 0.669. The standard InChI is InChI=1S/C55H33NO/c1-2-14-34(15-3-1)35-16-12-17-37(30-35)54-43-22-8-10-24-45(43)55(46-25-11-9-23-44(46)54)51-27-13-26-50(56-51)36-28-29-42-49-32-47-40-20-6-4-18-38(40)39-19-5-7-21-41(39)48(47)33-53(49)57-52(42)31-36/h1-33H. The van der Waals surface area contributed by atoms with Crippen molar-refractivity contribution in [2.45, 2.75) is 0 Å². The molecule has 0 spiro atoms. The maximum Gasteiger partial charge on any atom is 0.136 e. The second-order valence-electron chi connectivity index (χ2n) is 15.0. The van der Waals surface area contributed by atoms with Gasteiger partial charge in [0, 0.05) is 21.9 Å². The molecule has 0 saturated heterocycles. The highest BCUT2D eigenvalue weighted by molar-refractivity contribution is 6.28. The number of nitrogens with zero attached hydrogens (tertiary/aromatic N) is 1. The summed E-state index contributed by atoms with van der Waals surface area (Å²) < 4.78 is 6.68. The van der Waals surface area contributed by atoms with E-state index in [-0.39, 0.29) is 0 Å². The molecular weight excluding hydrogens is 691 g/mol. The summed E-state index contributed by atoms with van der Waals surface area (Å²) in [7, 11) is 0. The first-order chi connectivity index (χ1) is 28.3. The Bertz CT molecular complexity index is 3520. The van der Waals surface area contributed by atoms with Crippen LogP contribution in [-0.4, -0.2) is 4.98 Å². The topological polar surface area (TPSA) is 26.0 Å². The van der Waals surface area contributed by atoms with E-state index in [4.69, 9.17) is 9.40 Å². The Labute approximate surface area is 328 Å². The molecule has 0 unspecified atom stereocenters. The predicted molar refractivity (Wildman–Crippen MR) is 241 cm³/mol. The summed E-state index contributed by atoms with van der Waals surface area (Å²) in [6, 6.07) is 72.0. The van der Waals surface area contributed by atoms with E-state index in [1.165, 1.54) is 76.1 Å². The largest absolute Gasteiger partial charge is 0.456 e. The molecule has 57 heavy (non-hydrogen) atoms. The minimum atomic E-state index is 0.858. The maximum absolute atomic E-state index is 6.68. The van der Waals surface area contributed by atoms with Crippen LogP contribution < -0.4 is 0 Å². The van der Waals surface area contributed by atoms with Crippen LogP contribution in [0.2, 0.25) is 0 Å². The highest BCUT2D eigenvalue weighted by Gasteiger charge is 2.19. The van der Waals surface area contributed by atoms with E-state index in [9.17, 15) is 0 Å². The molecule has 0 aliphatic rings. The fraction of sp³-hybridized carbons (Fsp3) is 0. The summed E-state index contributed by atoms with van der Waals surface area (Å²) in [5.74, 6) is 0. The number of pyridine rings is 1. The average Bonchev–Trinajstić information content (AvgIpc) is 3.65. The summed E-state index contributed by atoms with van der Waals surface area (Å²) in [6.45, 7) is 0. The van der Waals surface area contributed by atoms with Crippen LogP contribution in [0.4, 0.5) is 0 Å². The van der Waals surface area contributed by atoms with Gasteiger partial charge in [-0.05, 0) is 119 Å². The smallest absolute Gasteiger partial charge is 0.136 e. The van der Waals surface area contributed by atoms with Gasteiger partial charge in [0.2, 0.25) is 0 Å². The SMILES string of the molecule is c1ccc(-c2cccc(-c3c4ccccc4c(-c4cccc(-c5ccc6c(c5)oc5cc7c8ccccc8c8ccccc8c7cc56)n4)c4ccccc34)c2)cc1. The molecule has 0 radical (unpaired) electrons. The van der Waals surface area contributed by atoms with Gasteiger partial charge in [-0.25, -0.2) is 4.98 Å². The van der Waals surface area contributed by atoms with Crippen LogP contribution in [0, 0.1) is 0 Å². The Balaban J connectivity index is 1.02. The Morgan fingerprint density at radius 1 is 0.246 bits per heavy atom. The van der Waals surface area contributed by atoms with Crippen molar-refractivity contribution < 1.29 is 4.42 Å². The number of rotatable bonds is 4. The van der Waals surface area contributed by atoms with Gasteiger partial charge in [-0.1, -0.05) is 158 Å². The monoisotopic (exact) mass is 723 g/mol. The summed E-state index contributed by atoms with van der Waals surface area (Å²) in [4.78, 5) is 5.40. The second-order valence-corrected chi connectivity index (χ2v) is 15.0. The van der Waals surface area contributed by atoms with Crippen LogP contribution in [0.5, 0.6) is 0 Å². The van der Waals surface area contributed by atoms with E-state index in [1.54, 1.807) is 0 Å². The van der Waals surface area contributed by atoms with Crippen molar-refractivity contribution in [1.29, 1.82) is 0 Å². The van der Waals surface area contributed by atoms with Crippen LogP contribution in [0.15, 0.2) is 205 Å². The summed E-state index contributed by atoms with van der Waals surface area (Å²) in [5, 5.41) is 14.5. The average molecular weight is 724 g/mol. The van der Waals surface area contributed by atoms with Crippen LogP contribution in [0.3, 0.4) is 0 Å². The van der Waals surface area contributed by atoms with Gasteiger partial charge < -0.3 is 4.42 Å². The number of aromatic nitrogens is 1. The van der Waals surface area contributed by atoms with E-state index >= 15 is 0 Å². The summed E-state index contributed by atoms with van der Waals surface area (Å²) in [5.41, 5.74) is 10.6. The van der Waals surface area contributed by atoms with Crippen LogP contribution >= 0.6 is 0 Å². The lowest BCUT2D eigenvalue weighted by Crippen LogP contribution is -1.93. The fourth-order valence-electron chi connectivity index (χ4n) is 9.27. The van der Waals surface area contributed by atoms with Gasteiger partial charge in [0.1, 0.15) is 11.2 Å². The molecule has 0 aliphatic heterocycles. The lowest BCUT2D eigenvalue weighted by Gasteiger charge is -2.18. The van der Waals surface area contributed by atoms with E-state index < -0.39 is 0 Å². The second kappa shape index (κ2) is 12.5. The highest BCUT2D eigenvalue weighted by atomic mass is 16.3. The van der Waals surface area contributed by atoms with Crippen LogP contribution in [0.25, 0.3) is 121 Å². The first-order valence-corrected chi connectivity index (χ1v) is 19.5. The Morgan fingerprint density at radius 3 is 1.40 bits per heavy atom. The molecule has 264 valence electrons. The molecule has 0 saturated carbocycles. The quantitative estimate of drug-likeness (QED) is 0.133. The number of fused-ring (bicyclic) bond motifs is 11. The molecule has 0 N–H and O–H groups in total. The molecule has 2 heteroatoms. The van der Waals surface area contributed by atoms with E-state index in [2.05, 4.69) is 200 Å². The number of benzene rings is 10. The number of hydrogen-bond donors (Lipinski definition) is 0. The van der Waals surface area contributed by atoms with Crippen LogP contribution in [-0.2, 0) is 0 Å². The first-order valence-electron chi connectivity index (χ1n) is 19.5. The third kappa shape index (κ3) is 4.94. The highest BCUT2D eigenvalue weighted by Crippen LogP contribution is 2.45. The number of hydrogen-bond acceptors (Lipinski definition) is 2. The van der Waals surface area contributed by atoms with Gasteiger partial charge >= 0.3 is 0 Å². The molecule has 12 aromatic rings. The molecule has 12 rings (SSSR count). The molecule has 0 fully saturated rings. The van der Waals surface area contributed by atoms with Crippen molar-refractivity contribution in [2.75, 3.05) is 0 Å². The van der Waals surface area contributed by atoms with Gasteiger partial charge in [-0.3, -0.25) is 0 Å². The predicted octanol–water partition coefficient (Wildman–Crippen LogP) is 15.4. The van der Waals surface area contributed by atoms with Crippen molar-refractivity contribution in [3.63, 3.8) is 0 Å². The Hall–Kier alpha value is -7.55. The molecule has 0 amide bonds. The molecule has 2 nitrogen and oxygen atoms in total. The van der Waals surface area contributed by atoms with E-state index in [0.717, 1.165) is 44.5 Å². The zero-order valence-electron chi connectivity index (χ0n) is 30.9. The number of furan rings is 1. The lowest BCUT2D eigenvalue weighted by atomic mass is 9.86. The minimum absolute atomic E-state index is 0.858. The summed E-state index contributed by atoms with van der Waals surface area (Å²) >= 11 is 0. The molecule has 0 bridgehead atoms. The summed E-state index contributed by atoms with van der Waals surface area (Å²) in [6.07, 6.45) is 0. The minimum Gasteiger partial charge on any atom is -0.456 e. The van der Waals surface area contributed by atoms with E-state index in [0.29, 0.717) is 0 Å². The third-order valence-corrected chi connectivity index (χ3v) is 11.8. The Morgan fingerprint density at radius 2 is 0.737 bits per heavy atom. The molecular formula is C55H33NO. The van der Waals surface area contributed by atoms with Gasteiger partial charge in [0.15, 0.2) is 0 Å². The third-order valence-electron chi connectivity index (χ3n) is 11.8. The molecule has 2 aromatic heterocycles. The van der Waals surface area contributed by atoms with Gasteiger partial charge in [-0.15, -0.1) is 0 Å². The van der Waals surface area contributed by atoms with Gasteiger partial charge in [0.05, 0.1) is 11.4 Å². The molecule has 0 atom stereocenters. The molecule has 0 aliphatic carbocycles. The van der Waals surface area contributed by atoms with Crippen molar-refractivity contribution in [2.24, 2.45) is 0 Å². The normalized spacial score (nSPS) is 11.9. The van der Waals surface area contributed by atoms with Crippen molar-refractivity contribution in [3.8, 4) is 44.8 Å². The zero-order valence-corrected chi connectivity index (χ0v) is 30.9. The maximum atomic E-state index is 6.68. The molecule has 10 aromatic carbocycles.